The lowest BCUT2D eigenvalue weighted by Crippen LogP contribution is -2.48. The van der Waals surface area contributed by atoms with Crippen LogP contribution in [0.4, 0.5) is 11.8 Å². The minimum absolute atomic E-state index is 0.0590. The molecule has 2 atom stereocenters. The van der Waals surface area contributed by atoms with Gasteiger partial charge in [0.25, 0.3) is 0 Å². The van der Waals surface area contributed by atoms with Crippen molar-refractivity contribution in [3.63, 3.8) is 0 Å². The van der Waals surface area contributed by atoms with Gasteiger partial charge in [0.2, 0.25) is 17.8 Å². The Kier molecular flexibility index (Phi) is 20.6. The SMILES string of the molecule is CCCCCNc1nc(N)nc2ccn(Cc3ccc(CN4CCN(C(=O)CCOCCOCCOCCNC(=O)[C@@H](CC(=O)O)SC[C@H](N)C(=O)O)CC4)cc3OC)c12. The minimum atomic E-state index is -1.23. The summed E-state index contributed by atoms with van der Waals surface area (Å²) in [4.78, 5) is 60.3. The van der Waals surface area contributed by atoms with E-state index in [9.17, 15) is 19.2 Å². The molecule has 60 heavy (non-hydrogen) atoms. The molecule has 1 saturated heterocycles. The summed E-state index contributed by atoms with van der Waals surface area (Å²) in [6.45, 7) is 9.00. The zero-order chi connectivity index (χ0) is 43.3. The quantitative estimate of drug-likeness (QED) is 0.0545. The lowest BCUT2D eigenvalue weighted by Gasteiger charge is -2.35. The molecule has 0 spiro atoms. The van der Waals surface area contributed by atoms with Crippen LogP contribution in [0.2, 0.25) is 0 Å². The number of thioether (sulfide) groups is 1. The third-order valence-corrected chi connectivity index (χ3v) is 11.1. The third-order valence-electron chi connectivity index (χ3n) is 9.72. The highest BCUT2D eigenvalue weighted by Crippen LogP contribution is 2.28. The van der Waals surface area contributed by atoms with Crippen molar-refractivity contribution in [2.45, 2.75) is 63.4 Å². The van der Waals surface area contributed by atoms with Crippen molar-refractivity contribution in [2.24, 2.45) is 5.73 Å². The monoisotopic (exact) mass is 859 g/mol. The number of anilines is 2. The van der Waals surface area contributed by atoms with Gasteiger partial charge in [0.05, 0.1) is 76.9 Å². The number of hydrogen-bond acceptors (Lipinski definition) is 15. The van der Waals surface area contributed by atoms with Gasteiger partial charge >= 0.3 is 11.9 Å². The van der Waals surface area contributed by atoms with Crippen LogP contribution in [-0.2, 0) is 46.5 Å². The second-order valence-electron chi connectivity index (χ2n) is 14.3. The van der Waals surface area contributed by atoms with Crippen LogP contribution >= 0.6 is 11.8 Å². The second kappa shape index (κ2) is 25.8. The highest BCUT2D eigenvalue weighted by molar-refractivity contribution is 8.00. The van der Waals surface area contributed by atoms with Gasteiger partial charge in [-0.1, -0.05) is 31.9 Å². The molecule has 19 nitrogen and oxygen atoms in total. The highest BCUT2D eigenvalue weighted by Gasteiger charge is 2.25. The van der Waals surface area contributed by atoms with Crippen molar-refractivity contribution in [2.75, 3.05) is 103 Å². The number of nitrogens with zero attached hydrogens (tertiary/aromatic N) is 5. The number of amides is 2. The number of methoxy groups -OCH3 is 1. The van der Waals surface area contributed by atoms with Gasteiger partial charge in [-0.25, -0.2) is 4.98 Å². The van der Waals surface area contributed by atoms with Crippen LogP contribution in [-0.4, -0.2) is 161 Å². The number of fused-ring (bicyclic) bond motifs is 1. The van der Waals surface area contributed by atoms with Crippen molar-refractivity contribution in [1.82, 2.24) is 29.7 Å². The molecule has 1 aromatic carbocycles. The van der Waals surface area contributed by atoms with Crippen molar-refractivity contribution < 1.29 is 48.3 Å². The number of nitrogens with two attached hydrogens (primary N) is 2. The lowest BCUT2D eigenvalue weighted by molar-refractivity contribution is -0.138. The molecular weight excluding hydrogens is 799 g/mol. The van der Waals surface area contributed by atoms with Gasteiger partial charge in [0.1, 0.15) is 17.3 Å². The summed E-state index contributed by atoms with van der Waals surface area (Å²) in [5.41, 5.74) is 15.3. The van der Waals surface area contributed by atoms with E-state index in [4.69, 9.17) is 40.6 Å². The fourth-order valence-corrected chi connectivity index (χ4v) is 7.55. The summed E-state index contributed by atoms with van der Waals surface area (Å²) in [5, 5.41) is 23.0. The molecule has 0 bridgehead atoms. The molecule has 332 valence electrons. The van der Waals surface area contributed by atoms with Gasteiger partial charge in [-0.15, -0.1) is 11.8 Å². The first-order chi connectivity index (χ1) is 29.0. The maximum Gasteiger partial charge on any atom is 0.321 e. The van der Waals surface area contributed by atoms with Crippen LogP contribution in [0.15, 0.2) is 30.5 Å². The minimum Gasteiger partial charge on any atom is -0.496 e. The van der Waals surface area contributed by atoms with E-state index in [1.807, 2.05) is 17.2 Å². The van der Waals surface area contributed by atoms with Gasteiger partial charge in [0, 0.05) is 63.3 Å². The number of carboxylic acids is 2. The number of aliphatic carboxylic acids is 2. The van der Waals surface area contributed by atoms with Gasteiger partial charge in [-0.2, -0.15) is 4.98 Å². The average molecular weight is 860 g/mol. The second-order valence-corrected chi connectivity index (χ2v) is 15.5. The van der Waals surface area contributed by atoms with E-state index in [1.54, 1.807) is 7.11 Å². The predicted molar refractivity (Wildman–Crippen MR) is 228 cm³/mol. The van der Waals surface area contributed by atoms with Gasteiger partial charge in [0.15, 0.2) is 5.82 Å². The van der Waals surface area contributed by atoms with E-state index in [0.29, 0.717) is 46.1 Å². The van der Waals surface area contributed by atoms with Crippen LogP contribution in [0.3, 0.4) is 0 Å². The molecule has 1 aliphatic rings. The molecule has 1 fully saturated rings. The van der Waals surface area contributed by atoms with E-state index in [-0.39, 0.29) is 43.8 Å². The molecule has 1 aliphatic heterocycles. The van der Waals surface area contributed by atoms with Crippen molar-refractivity contribution in [3.05, 3.63) is 41.6 Å². The molecule has 0 aliphatic carbocycles. The Bertz CT molecular complexity index is 1830. The Hall–Kier alpha value is -4.73. The Labute approximate surface area is 354 Å². The number of aromatic nitrogens is 3. The molecule has 2 amide bonds. The molecule has 0 radical (unpaired) electrons. The maximum absolute atomic E-state index is 12.8. The number of rotatable bonds is 29. The standard InChI is InChI=1S/C40H61N9O10S/c1-3-4-5-10-43-37-36-31(45-40(42)46-37)8-12-49(36)26-29-7-6-28(23-32(29)56-2)25-47-13-15-48(16-14-47)34(50)9-17-57-19-21-59-22-20-58-18-11-44-38(53)33(24-35(51)52)60-27-30(41)39(54)55/h6-8,12,23,30,33H,3-5,9-11,13-22,24-27,41H2,1-2H3,(H,44,53)(H,51,52)(H,54,55)(H3,42,43,45,46)/t30-,33+/m0/s1. The van der Waals surface area contributed by atoms with Crippen LogP contribution in [0.25, 0.3) is 11.0 Å². The Morgan fingerprint density at radius 2 is 1.63 bits per heavy atom. The fraction of sp³-hybridized carbons (Fsp3) is 0.600. The lowest BCUT2D eigenvalue weighted by atomic mass is 10.1. The summed E-state index contributed by atoms with van der Waals surface area (Å²) in [6, 6.07) is 7.08. The summed E-state index contributed by atoms with van der Waals surface area (Å²) in [5.74, 6) is -1.18. The fourth-order valence-electron chi connectivity index (χ4n) is 6.47. The summed E-state index contributed by atoms with van der Waals surface area (Å²) >= 11 is 0.886. The molecule has 0 saturated carbocycles. The molecular formula is C40H61N9O10S. The number of nitrogens with one attached hydrogen (secondary N) is 2. The number of unbranched alkanes of at least 4 members (excludes halogenated alkanes) is 2. The molecule has 2 aromatic heterocycles. The van der Waals surface area contributed by atoms with Crippen molar-refractivity contribution in [1.29, 1.82) is 0 Å². The molecule has 0 unspecified atom stereocenters. The maximum atomic E-state index is 12.8. The van der Waals surface area contributed by atoms with Crippen LogP contribution in [0.1, 0.15) is 50.2 Å². The number of nitrogen functional groups attached to an aromatic ring is 1. The average Bonchev–Trinajstić information content (AvgIpc) is 3.63. The number of carbonyl (C=O) groups excluding carboxylic acids is 2. The number of benzene rings is 1. The highest BCUT2D eigenvalue weighted by atomic mass is 32.2. The first kappa shape index (κ1) is 47.9. The zero-order valence-electron chi connectivity index (χ0n) is 34.6. The van der Waals surface area contributed by atoms with Gasteiger partial charge in [-0.05, 0) is 24.1 Å². The largest absolute Gasteiger partial charge is 0.496 e. The third kappa shape index (κ3) is 16.0. The smallest absolute Gasteiger partial charge is 0.321 e. The van der Waals surface area contributed by atoms with Crippen LogP contribution in [0, 0.1) is 0 Å². The van der Waals surface area contributed by atoms with Gasteiger partial charge < -0.3 is 60.7 Å². The number of hydrogen-bond donors (Lipinski definition) is 6. The normalized spacial score (nSPS) is 14.2. The Morgan fingerprint density at radius 3 is 2.32 bits per heavy atom. The topological polar surface area (TPSA) is 259 Å². The van der Waals surface area contributed by atoms with Crippen LogP contribution in [0.5, 0.6) is 5.75 Å². The molecule has 20 heteroatoms. The summed E-state index contributed by atoms with van der Waals surface area (Å²) < 4.78 is 24.5. The number of carboxylic acid groups (broad SMARTS) is 2. The zero-order valence-corrected chi connectivity index (χ0v) is 35.5. The predicted octanol–water partition coefficient (Wildman–Crippen LogP) is 1.86. The van der Waals surface area contributed by atoms with Crippen LogP contribution < -0.4 is 26.8 Å². The number of piperazine rings is 1. The molecule has 3 aromatic rings. The molecule has 4 rings (SSSR count). The van der Waals surface area contributed by atoms with Crippen molar-refractivity contribution in [3.8, 4) is 5.75 Å². The van der Waals surface area contributed by atoms with E-state index in [1.165, 1.54) is 0 Å². The van der Waals surface area contributed by atoms with E-state index < -0.39 is 35.6 Å². The summed E-state index contributed by atoms with van der Waals surface area (Å²) in [7, 11) is 1.69. The first-order valence-corrected chi connectivity index (χ1v) is 21.4. The Balaban J connectivity index is 1.07. The molecule has 8 N–H and O–H groups in total. The van der Waals surface area contributed by atoms with E-state index in [2.05, 4.69) is 55.2 Å². The molecule has 3 heterocycles. The van der Waals surface area contributed by atoms with Gasteiger partial charge in [-0.3, -0.25) is 24.1 Å². The van der Waals surface area contributed by atoms with Crippen molar-refractivity contribution >= 4 is 58.3 Å². The Morgan fingerprint density at radius 1 is 0.917 bits per heavy atom. The van der Waals surface area contributed by atoms with E-state index >= 15 is 0 Å². The number of ether oxygens (including phenoxy) is 4. The number of carbonyl (C=O) groups is 4. The first-order valence-electron chi connectivity index (χ1n) is 20.3. The summed E-state index contributed by atoms with van der Waals surface area (Å²) in [6.07, 6.45) is 5.16. The van der Waals surface area contributed by atoms with E-state index in [0.717, 1.165) is 90.9 Å².